The summed E-state index contributed by atoms with van der Waals surface area (Å²) in [5, 5.41) is 4.15. The van der Waals surface area contributed by atoms with Crippen molar-refractivity contribution in [2.75, 3.05) is 7.11 Å². The van der Waals surface area contributed by atoms with E-state index in [9.17, 15) is 0 Å². The molecule has 0 aliphatic heterocycles. The molecule has 1 aromatic rings. The number of nitrogens with zero attached hydrogens (tertiary/aromatic N) is 2. The van der Waals surface area contributed by atoms with Crippen LogP contribution in [-0.4, -0.2) is 23.0 Å². The monoisotopic (exact) mass is 275 g/mol. The molecule has 1 aromatic heterocycles. The van der Waals surface area contributed by atoms with Crippen LogP contribution in [0.3, 0.4) is 0 Å². The number of aromatic nitrogens is 2. The minimum Gasteiger partial charge on any atom is -0.379 e. The zero-order chi connectivity index (χ0) is 11.4. The maximum Gasteiger partial charge on any atom is 0.0779 e. The maximum absolute atomic E-state index is 6.17. The van der Waals surface area contributed by atoms with Crippen LogP contribution < -0.4 is 5.73 Å². The Hall–Kier alpha value is -0.390. The van der Waals surface area contributed by atoms with Gasteiger partial charge in [-0.15, -0.1) is 0 Å². The second-order valence-corrected chi connectivity index (χ2v) is 4.44. The third-order valence-corrected chi connectivity index (χ3v) is 3.14. The van der Waals surface area contributed by atoms with Crippen molar-refractivity contribution in [1.82, 2.24) is 9.78 Å². The van der Waals surface area contributed by atoms with E-state index in [4.69, 9.17) is 10.5 Å². The van der Waals surface area contributed by atoms with E-state index < -0.39 is 0 Å². The van der Waals surface area contributed by atoms with Crippen molar-refractivity contribution in [2.45, 2.75) is 31.9 Å². The van der Waals surface area contributed by atoms with E-state index in [0.717, 1.165) is 23.0 Å². The van der Waals surface area contributed by atoms with Crippen LogP contribution in [0.2, 0.25) is 0 Å². The topological polar surface area (TPSA) is 53.1 Å². The van der Waals surface area contributed by atoms with Crippen LogP contribution in [0.4, 0.5) is 0 Å². The predicted molar refractivity (Wildman–Crippen MR) is 63.5 cm³/mol. The van der Waals surface area contributed by atoms with Crippen LogP contribution in [0.25, 0.3) is 0 Å². The van der Waals surface area contributed by atoms with Crippen LogP contribution >= 0.6 is 15.9 Å². The summed E-state index contributed by atoms with van der Waals surface area (Å²) in [5.41, 5.74) is 7.15. The van der Waals surface area contributed by atoms with Gasteiger partial charge in [0.25, 0.3) is 0 Å². The number of hydrogen-bond donors (Lipinski definition) is 1. The van der Waals surface area contributed by atoms with Crippen LogP contribution in [0, 0.1) is 0 Å². The molecule has 1 rings (SSSR count). The molecule has 4 nitrogen and oxygen atoms in total. The van der Waals surface area contributed by atoms with E-state index >= 15 is 0 Å². The minimum atomic E-state index is -0.142. The summed E-state index contributed by atoms with van der Waals surface area (Å²) in [6, 6.07) is -0.142. The van der Waals surface area contributed by atoms with E-state index in [-0.39, 0.29) is 12.1 Å². The molecule has 86 valence electrons. The summed E-state index contributed by atoms with van der Waals surface area (Å²) in [5.74, 6) is 0. The summed E-state index contributed by atoms with van der Waals surface area (Å²) in [4.78, 5) is 0. The van der Waals surface area contributed by atoms with Gasteiger partial charge in [0.05, 0.1) is 28.5 Å². The van der Waals surface area contributed by atoms with Crippen LogP contribution in [0.1, 0.15) is 31.5 Å². The van der Waals surface area contributed by atoms with Crippen molar-refractivity contribution in [3.05, 3.63) is 16.4 Å². The Labute approximate surface area is 98.9 Å². The van der Waals surface area contributed by atoms with Crippen molar-refractivity contribution in [2.24, 2.45) is 12.8 Å². The quantitative estimate of drug-likeness (QED) is 0.894. The molecule has 0 aromatic carbocycles. The lowest BCUT2D eigenvalue weighted by Crippen LogP contribution is -2.30. The Balaban J connectivity index is 2.86. The van der Waals surface area contributed by atoms with E-state index in [2.05, 4.69) is 28.0 Å². The van der Waals surface area contributed by atoms with Gasteiger partial charge in [0.1, 0.15) is 0 Å². The largest absolute Gasteiger partial charge is 0.379 e. The number of nitrogens with two attached hydrogens (primary N) is 1. The molecule has 0 fully saturated rings. The Morgan fingerprint density at radius 3 is 2.73 bits per heavy atom. The van der Waals surface area contributed by atoms with Crippen LogP contribution in [0.5, 0.6) is 0 Å². The Morgan fingerprint density at radius 1 is 1.67 bits per heavy atom. The summed E-state index contributed by atoms with van der Waals surface area (Å²) in [6.45, 7) is 2.12. The molecule has 0 amide bonds. The van der Waals surface area contributed by atoms with E-state index in [0.29, 0.717) is 0 Å². The lowest BCUT2D eigenvalue weighted by atomic mass is 10.0. The standard InChI is InChI=1S/C10H18BrN3O/c1-4-5-8(15-3)9(12)10-7(11)6-13-14(10)2/h6,8-9H,4-5,12H2,1-3H3. The zero-order valence-corrected chi connectivity index (χ0v) is 11.0. The summed E-state index contributed by atoms with van der Waals surface area (Å²) < 4.78 is 8.13. The van der Waals surface area contributed by atoms with Gasteiger partial charge < -0.3 is 10.5 Å². The van der Waals surface area contributed by atoms with Gasteiger partial charge in [-0.2, -0.15) is 5.10 Å². The van der Waals surface area contributed by atoms with Gasteiger partial charge in [-0.1, -0.05) is 13.3 Å². The molecule has 0 aliphatic rings. The molecule has 0 saturated carbocycles. The van der Waals surface area contributed by atoms with Gasteiger partial charge in [0.2, 0.25) is 0 Å². The van der Waals surface area contributed by atoms with Gasteiger partial charge >= 0.3 is 0 Å². The first kappa shape index (κ1) is 12.7. The van der Waals surface area contributed by atoms with Crippen molar-refractivity contribution in [3.63, 3.8) is 0 Å². The highest BCUT2D eigenvalue weighted by molar-refractivity contribution is 9.10. The summed E-state index contributed by atoms with van der Waals surface area (Å²) >= 11 is 3.45. The second kappa shape index (κ2) is 5.63. The van der Waals surface area contributed by atoms with Crippen LogP contribution in [-0.2, 0) is 11.8 Å². The fraction of sp³-hybridized carbons (Fsp3) is 0.700. The number of hydrogen-bond acceptors (Lipinski definition) is 3. The fourth-order valence-corrected chi connectivity index (χ4v) is 2.31. The highest BCUT2D eigenvalue weighted by Crippen LogP contribution is 2.26. The van der Waals surface area contributed by atoms with Gasteiger partial charge in [-0.05, 0) is 22.4 Å². The SMILES string of the molecule is CCCC(OC)C(N)c1c(Br)cnn1C. The number of aryl methyl sites for hydroxylation is 1. The molecule has 0 aliphatic carbocycles. The summed E-state index contributed by atoms with van der Waals surface area (Å²) in [7, 11) is 3.59. The first-order valence-corrected chi connectivity index (χ1v) is 5.86. The zero-order valence-electron chi connectivity index (χ0n) is 9.40. The van der Waals surface area contributed by atoms with Crippen LogP contribution in [0.15, 0.2) is 10.7 Å². The van der Waals surface area contributed by atoms with Gasteiger partial charge in [-0.3, -0.25) is 4.68 Å². The Morgan fingerprint density at radius 2 is 2.33 bits per heavy atom. The van der Waals surface area contributed by atoms with E-state index in [1.54, 1.807) is 18.0 Å². The van der Waals surface area contributed by atoms with Crippen molar-refractivity contribution in [3.8, 4) is 0 Å². The number of halogens is 1. The minimum absolute atomic E-state index is 0.0432. The average molecular weight is 276 g/mol. The highest BCUT2D eigenvalue weighted by atomic mass is 79.9. The third-order valence-electron chi connectivity index (χ3n) is 2.53. The van der Waals surface area contributed by atoms with Gasteiger partial charge in [0, 0.05) is 14.2 Å². The Bertz CT molecular complexity index is 294. The smallest absolute Gasteiger partial charge is 0.0779 e. The molecule has 2 atom stereocenters. The number of rotatable bonds is 5. The molecule has 0 spiro atoms. The van der Waals surface area contributed by atoms with Crippen molar-refractivity contribution < 1.29 is 4.74 Å². The number of ether oxygens (including phenoxy) is 1. The lowest BCUT2D eigenvalue weighted by molar-refractivity contribution is 0.0701. The first-order chi connectivity index (χ1) is 7.11. The predicted octanol–water partition coefficient (Wildman–Crippen LogP) is 2.00. The highest BCUT2D eigenvalue weighted by Gasteiger charge is 2.23. The lowest BCUT2D eigenvalue weighted by Gasteiger charge is -2.22. The molecule has 5 heteroatoms. The number of methoxy groups -OCH3 is 1. The third kappa shape index (κ3) is 2.80. The van der Waals surface area contributed by atoms with Gasteiger partial charge in [-0.25, -0.2) is 0 Å². The average Bonchev–Trinajstić information content (AvgIpc) is 2.54. The first-order valence-electron chi connectivity index (χ1n) is 5.07. The molecule has 2 unspecified atom stereocenters. The van der Waals surface area contributed by atoms with Gasteiger partial charge in [0.15, 0.2) is 0 Å². The Kier molecular flexibility index (Phi) is 4.76. The molecule has 0 radical (unpaired) electrons. The second-order valence-electron chi connectivity index (χ2n) is 3.59. The fourth-order valence-electron chi connectivity index (χ4n) is 1.70. The molecule has 15 heavy (non-hydrogen) atoms. The van der Waals surface area contributed by atoms with Crippen molar-refractivity contribution in [1.29, 1.82) is 0 Å². The van der Waals surface area contributed by atoms with E-state index in [1.807, 2.05) is 7.05 Å². The molecular formula is C10H18BrN3O. The molecular weight excluding hydrogens is 258 g/mol. The summed E-state index contributed by atoms with van der Waals surface area (Å²) in [6.07, 6.45) is 3.81. The molecule has 0 bridgehead atoms. The van der Waals surface area contributed by atoms with E-state index in [1.165, 1.54) is 0 Å². The normalized spacial score (nSPS) is 15.3. The van der Waals surface area contributed by atoms with Crippen molar-refractivity contribution >= 4 is 15.9 Å². The molecule has 1 heterocycles. The maximum atomic E-state index is 6.17. The molecule has 0 saturated heterocycles. The molecule has 2 N–H and O–H groups in total.